The molecule has 0 aromatic carbocycles. The maximum atomic E-state index is 10.6. The van der Waals surface area contributed by atoms with Crippen molar-refractivity contribution in [2.24, 2.45) is 0 Å². The molecule has 0 fully saturated rings. The highest BCUT2D eigenvalue weighted by Crippen LogP contribution is 2.09. The van der Waals surface area contributed by atoms with E-state index in [1.165, 1.54) is 6.08 Å². The van der Waals surface area contributed by atoms with Crippen molar-refractivity contribution in [3.8, 4) is 0 Å². The fourth-order valence-electron chi connectivity index (χ4n) is 0.670. The number of alkyl halides is 2. The van der Waals surface area contributed by atoms with Crippen molar-refractivity contribution in [2.75, 3.05) is 6.61 Å². The minimum atomic E-state index is -0.332. The van der Waals surface area contributed by atoms with E-state index in [9.17, 15) is 4.79 Å². The van der Waals surface area contributed by atoms with E-state index >= 15 is 0 Å². The number of carbonyl (C=O) groups is 1. The molecule has 5 heteroatoms. The molecule has 0 aromatic heterocycles. The van der Waals surface area contributed by atoms with Crippen molar-refractivity contribution < 1.29 is 9.53 Å². The molecule has 0 heterocycles. The third kappa shape index (κ3) is 10.3. The number of carbonyl (C=O) groups excluding carboxylic acids is 1. The molecule has 2 radical (unpaired) electrons. The van der Waals surface area contributed by atoms with Gasteiger partial charge in [0.1, 0.15) is 0 Å². The molecule has 0 amide bonds. The highest BCUT2D eigenvalue weighted by atomic mass is 79.9. The molecule has 0 N–H and O–H groups in total. The number of rotatable bonds is 7. The smallest absolute Gasteiger partial charge is 0.330 e. The number of unbranched alkanes of at least 4 members (excludes halogenated alkanes) is 1. The zero-order valence-corrected chi connectivity index (χ0v) is 11.4. The second-order valence-electron chi connectivity index (χ2n) is 2.33. The van der Waals surface area contributed by atoms with E-state index in [-0.39, 0.29) is 5.97 Å². The first kappa shape index (κ1) is 13.4. The number of esters is 1. The van der Waals surface area contributed by atoms with Gasteiger partial charge in [0.25, 0.3) is 0 Å². The summed E-state index contributed by atoms with van der Waals surface area (Å²) in [7, 11) is 0.867. The van der Waals surface area contributed by atoms with Crippen LogP contribution < -0.4 is 0 Å². The van der Waals surface area contributed by atoms with Crippen LogP contribution in [-0.2, 0) is 9.53 Å². The predicted octanol–water partition coefficient (Wildman–Crippen LogP) is 2.69. The van der Waals surface area contributed by atoms with Crippen LogP contribution in [0.3, 0.4) is 0 Å². The summed E-state index contributed by atoms with van der Waals surface area (Å²) in [6, 6.07) is 1.16. The molecule has 0 aliphatic carbocycles. The highest BCUT2D eigenvalue weighted by molar-refractivity contribution is 9.25. The monoisotopic (exact) mass is 326 g/mol. The molecule has 0 atom stereocenters. The first-order valence-electron chi connectivity index (χ1n) is 3.97. The normalized spacial score (nSPS) is 10.1. The largest absolute Gasteiger partial charge is 0.463 e. The van der Waals surface area contributed by atoms with E-state index in [1.54, 1.807) is 0 Å². The Morgan fingerprint density at radius 3 is 2.77 bits per heavy atom. The van der Waals surface area contributed by atoms with Gasteiger partial charge in [-0.25, -0.2) is 4.79 Å². The lowest BCUT2D eigenvalue weighted by atomic mass is 10.4. The first-order chi connectivity index (χ1) is 6.16. The fourth-order valence-corrected chi connectivity index (χ4v) is 2.72. The summed E-state index contributed by atoms with van der Waals surface area (Å²) >= 11 is 6.82. The predicted molar refractivity (Wildman–Crippen MR) is 62.6 cm³/mol. The Kier molecular flexibility index (Phi) is 9.23. The lowest BCUT2D eigenvalue weighted by molar-refractivity contribution is -0.137. The summed E-state index contributed by atoms with van der Waals surface area (Å²) in [4.78, 5) is 10.6. The summed E-state index contributed by atoms with van der Waals surface area (Å²) in [5.41, 5.74) is 0. The van der Waals surface area contributed by atoms with Gasteiger partial charge in [0.05, 0.1) is 19.5 Å². The third-order valence-corrected chi connectivity index (χ3v) is 4.17. The Balaban J connectivity index is 3.08. The van der Waals surface area contributed by atoms with Crippen molar-refractivity contribution in [3.63, 3.8) is 0 Å². The third-order valence-electron chi connectivity index (χ3n) is 1.28. The van der Waals surface area contributed by atoms with E-state index in [2.05, 4.69) is 38.4 Å². The van der Waals surface area contributed by atoms with Gasteiger partial charge >= 0.3 is 5.97 Å². The molecular weight excluding hydrogens is 316 g/mol. The van der Waals surface area contributed by atoms with Gasteiger partial charge < -0.3 is 4.74 Å². The molecule has 2 nitrogen and oxygen atoms in total. The minimum absolute atomic E-state index is 0.332. The average Bonchev–Trinajstić information content (AvgIpc) is 2.10. The van der Waals surface area contributed by atoms with Crippen molar-refractivity contribution in [1.29, 1.82) is 0 Å². The Labute approximate surface area is 98.2 Å². The summed E-state index contributed by atoms with van der Waals surface area (Å²) < 4.78 is 5.25. The Bertz CT molecular complexity index is 162. The maximum Gasteiger partial charge on any atom is 0.330 e. The summed E-state index contributed by atoms with van der Waals surface area (Å²) in [5, 5.41) is 0. The van der Waals surface area contributed by atoms with E-state index < -0.39 is 0 Å². The van der Waals surface area contributed by atoms with Crippen LogP contribution in [0.15, 0.2) is 12.7 Å². The molecule has 0 aromatic rings. The van der Waals surface area contributed by atoms with Crippen molar-refractivity contribution in [2.45, 2.75) is 22.2 Å². The molecule has 0 unspecified atom stereocenters. The lowest BCUT2D eigenvalue weighted by Crippen LogP contribution is -2.03. The van der Waals surface area contributed by atoms with Gasteiger partial charge in [-0.3, -0.25) is 0 Å². The molecule has 74 valence electrons. The second kappa shape index (κ2) is 8.96. The molecule has 0 spiro atoms. The molecule has 0 bridgehead atoms. The van der Waals surface area contributed by atoms with Crippen LogP contribution in [0.1, 0.15) is 12.8 Å². The van der Waals surface area contributed by atoms with Crippen LogP contribution in [0.2, 0.25) is 6.04 Å². The van der Waals surface area contributed by atoms with Gasteiger partial charge in [-0.1, -0.05) is 50.9 Å². The summed E-state index contributed by atoms with van der Waals surface area (Å²) in [6.45, 7) is 3.82. The van der Waals surface area contributed by atoms with Crippen molar-refractivity contribution >= 4 is 47.3 Å². The highest BCUT2D eigenvalue weighted by Gasteiger charge is 1.99. The van der Waals surface area contributed by atoms with Gasteiger partial charge in [0, 0.05) is 6.08 Å². The van der Waals surface area contributed by atoms with Crippen molar-refractivity contribution in [1.82, 2.24) is 0 Å². The van der Waals surface area contributed by atoms with Gasteiger partial charge in [-0.15, -0.1) is 0 Å². The van der Waals surface area contributed by atoms with Crippen molar-refractivity contribution in [3.05, 3.63) is 12.7 Å². The minimum Gasteiger partial charge on any atom is -0.463 e. The first-order valence-corrected chi connectivity index (χ1v) is 7.09. The van der Waals surface area contributed by atoms with Gasteiger partial charge in [0.2, 0.25) is 0 Å². The fraction of sp³-hybridized carbons (Fsp3) is 0.625. The van der Waals surface area contributed by atoms with Gasteiger partial charge in [-0.2, -0.15) is 0 Å². The molecule has 0 aliphatic heterocycles. The quantitative estimate of drug-likeness (QED) is 0.236. The van der Waals surface area contributed by atoms with Gasteiger partial charge in [0.15, 0.2) is 0 Å². The molecule has 0 rings (SSSR count). The topological polar surface area (TPSA) is 26.3 Å². The van der Waals surface area contributed by atoms with Gasteiger partial charge in [-0.05, 0) is 6.42 Å². The summed E-state index contributed by atoms with van der Waals surface area (Å²) in [6.07, 6.45) is 3.21. The maximum absolute atomic E-state index is 10.6. The van der Waals surface area contributed by atoms with Crippen LogP contribution in [0.4, 0.5) is 0 Å². The van der Waals surface area contributed by atoms with E-state index in [1.807, 2.05) is 0 Å². The zero-order chi connectivity index (χ0) is 10.1. The zero-order valence-electron chi connectivity index (χ0n) is 7.26. The molecule has 0 saturated heterocycles. The van der Waals surface area contributed by atoms with Crippen LogP contribution in [0.5, 0.6) is 0 Å². The molecule has 0 aliphatic rings. The van der Waals surface area contributed by atoms with Crippen LogP contribution in [0, 0.1) is 0 Å². The number of ether oxygens (including phenoxy) is 1. The van der Waals surface area contributed by atoms with E-state index in [4.69, 9.17) is 4.74 Å². The van der Waals surface area contributed by atoms with Crippen LogP contribution in [0.25, 0.3) is 0 Å². The SMILES string of the molecule is C=CC(=O)OCCCC[Si]C(Br)Br. The average molecular weight is 328 g/mol. The number of hydrogen-bond donors (Lipinski definition) is 0. The second-order valence-corrected chi connectivity index (χ2v) is 8.57. The Morgan fingerprint density at radius 2 is 2.23 bits per heavy atom. The van der Waals surface area contributed by atoms with E-state index in [0.29, 0.717) is 9.97 Å². The number of halogens is 2. The van der Waals surface area contributed by atoms with Crippen LogP contribution in [-0.4, -0.2) is 25.5 Å². The van der Waals surface area contributed by atoms with E-state index in [0.717, 1.165) is 28.4 Å². The lowest BCUT2D eigenvalue weighted by Gasteiger charge is -2.01. The molecule has 0 saturated carbocycles. The summed E-state index contributed by atoms with van der Waals surface area (Å²) in [5.74, 6) is -0.332. The van der Waals surface area contributed by atoms with Crippen LogP contribution >= 0.6 is 31.9 Å². The Morgan fingerprint density at radius 1 is 1.54 bits per heavy atom. The standard InChI is InChI=1S/C8H12Br2O2Si/c1-2-7(11)12-5-3-4-6-13-8(9)10/h2,8H,1,3-6H2. The number of hydrogen-bond acceptors (Lipinski definition) is 2. The molecule has 13 heavy (non-hydrogen) atoms. The Hall–Kier alpha value is 0.387. The molecular formula is C8H12Br2O2Si.